The number of nitrogens with zero attached hydrogens (tertiary/aromatic N) is 2. The Bertz CT molecular complexity index is 419. The summed E-state index contributed by atoms with van der Waals surface area (Å²) >= 11 is 0. The molecule has 0 saturated heterocycles. The lowest BCUT2D eigenvalue weighted by atomic mass is 9.81. The molecule has 0 aliphatic heterocycles. The third-order valence-corrected chi connectivity index (χ3v) is 3.75. The Morgan fingerprint density at radius 2 is 2.05 bits per heavy atom. The summed E-state index contributed by atoms with van der Waals surface area (Å²) in [5, 5.41) is 2.96. The lowest BCUT2D eigenvalue weighted by molar-refractivity contribution is -0.125. The summed E-state index contributed by atoms with van der Waals surface area (Å²) in [6.07, 6.45) is 4.83. The number of hydrogen-bond donors (Lipinski definition) is 2. The number of nitrogens with one attached hydrogen (secondary N) is 1. The number of rotatable bonds is 6. The third-order valence-electron chi connectivity index (χ3n) is 3.75. The molecule has 0 aromatic carbocycles. The molecule has 0 bridgehead atoms. The summed E-state index contributed by atoms with van der Waals surface area (Å²) in [6.45, 7) is 4.33. The van der Waals surface area contributed by atoms with Gasteiger partial charge in [0.1, 0.15) is 0 Å². The van der Waals surface area contributed by atoms with Crippen molar-refractivity contribution in [3.8, 4) is 0 Å². The number of amides is 1. The van der Waals surface area contributed by atoms with Crippen molar-refractivity contribution in [2.45, 2.75) is 26.7 Å². The number of carbonyl (C=O) groups is 1. The molecule has 1 aromatic heterocycles. The van der Waals surface area contributed by atoms with Crippen LogP contribution in [0, 0.1) is 5.41 Å². The van der Waals surface area contributed by atoms with Crippen LogP contribution in [0.15, 0.2) is 18.5 Å². The maximum atomic E-state index is 12.5. The third kappa shape index (κ3) is 3.23. The standard InChI is InChI=1S/C14H24N4O/c1-5-14(6-2,10-15)13(19)17-11-9-16-8-7-12(11)18(3)4/h7-9H,5-6,10,15H2,1-4H3,(H,17,19). The van der Waals surface area contributed by atoms with Gasteiger partial charge >= 0.3 is 0 Å². The van der Waals surface area contributed by atoms with Crippen molar-refractivity contribution < 1.29 is 4.79 Å². The minimum Gasteiger partial charge on any atom is -0.376 e. The van der Waals surface area contributed by atoms with Crippen molar-refractivity contribution in [3.63, 3.8) is 0 Å². The predicted molar refractivity (Wildman–Crippen MR) is 79.3 cm³/mol. The van der Waals surface area contributed by atoms with Crippen LogP contribution in [-0.4, -0.2) is 31.5 Å². The highest BCUT2D eigenvalue weighted by molar-refractivity contribution is 5.98. The minimum absolute atomic E-state index is 0.0314. The number of carbonyl (C=O) groups excluding carboxylic acids is 1. The number of hydrogen-bond acceptors (Lipinski definition) is 4. The first-order valence-corrected chi connectivity index (χ1v) is 6.63. The van der Waals surface area contributed by atoms with Crippen molar-refractivity contribution in [1.29, 1.82) is 0 Å². The summed E-state index contributed by atoms with van der Waals surface area (Å²) < 4.78 is 0. The van der Waals surface area contributed by atoms with Crippen LogP contribution in [0.3, 0.4) is 0 Å². The predicted octanol–water partition coefficient (Wildman–Crippen LogP) is 1.85. The van der Waals surface area contributed by atoms with Gasteiger partial charge in [-0.15, -0.1) is 0 Å². The quantitative estimate of drug-likeness (QED) is 0.822. The molecule has 0 unspecified atom stereocenters. The van der Waals surface area contributed by atoms with E-state index in [9.17, 15) is 4.79 Å². The van der Waals surface area contributed by atoms with Crippen LogP contribution in [0.5, 0.6) is 0 Å². The highest BCUT2D eigenvalue weighted by Gasteiger charge is 2.33. The lowest BCUT2D eigenvalue weighted by Gasteiger charge is -2.29. The molecule has 0 aliphatic rings. The number of pyridine rings is 1. The molecule has 3 N–H and O–H groups in total. The second-order valence-corrected chi connectivity index (χ2v) is 4.93. The summed E-state index contributed by atoms with van der Waals surface area (Å²) in [6, 6.07) is 1.87. The molecule has 19 heavy (non-hydrogen) atoms. The normalized spacial score (nSPS) is 11.2. The largest absolute Gasteiger partial charge is 0.376 e. The van der Waals surface area contributed by atoms with Crippen LogP contribution in [0.4, 0.5) is 11.4 Å². The topological polar surface area (TPSA) is 71.2 Å². The molecule has 0 fully saturated rings. The van der Waals surface area contributed by atoms with E-state index in [0.29, 0.717) is 6.54 Å². The van der Waals surface area contributed by atoms with Crippen molar-refractivity contribution >= 4 is 17.3 Å². The molecule has 1 heterocycles. The van der Waals surface area contributed by atoms with E-state index in [1.54, 1.807) is 12.4 Å². The molecule has 5 heteroatoms. The fraction of sp³-hybridized carbons (Fsp3) is 0.571. The van der Waals surface area contributed by atoms with Crippen LogP contribution in [0.2, 0.25) is 0 Å². The monoisotopic (exact) mass is 264 g/mol. The Morgan fingerprint density at radius 1 is 1.42 bits per heavy atom. The van der Waals surface area contributed by atoms with Crippen LogP contribution in [0.25, 0.3) is 0 Å². The van der Waals surface area contributed by atoms with Gasteiger partial charge in [0.15, 0.2) is 0 Å². The summed E-state index contributed by atoms with van der Waals surface area (Å²) in [4.78, 5) is 18.5. The van der Waals surface area contributed by atoms with Gasteiger partial charge in [0.05, 0.1) is 23.0 Å². The van der Waals surface area contributed by atoms with Crippen molar-refractivity contribution in [1.82, 2.24) is 4.98 Å². The van der Waals surface area contributed by atoms with Gasteiger partial charge in [-0.3, -0.25) is 9.78 Å². The van der Waals surface area contributed by atoms with E-state index >= 15 is 0 Å². The lowest BCUT2D eigenvalue weighted by Crippen LogP contribution is -2.41. The molecule has 0 saturated carbocycles. The van der Waals surface area contributed by atoms with E-state index in [0.717, 1.165) is 24.2 Å². The zero-order valence-electron chi connectivity index (χ0n) is 12.2. The number of anilines is 2. The summed E-state index contributed by atoms with van der Waals surface area (Å²) in [5.41, 5.74) is 6.95. The fourth-order valence-electron chi connectivity index (χ4n) is 2.08. The van der Waals surface area contributed by atoms with E-state index in [1.807, 2.05) is 38.9 Å². The Balaban J connectivity index is 2.99. The average molecular weight is 264 g/mol. The van der Waals surface area contributed by atoms with Gasteiger partial charge in [0.25, 0.3) is 0 Å². The van der Waals surface area contributed by atoms with Crippen LogP contribution >= 0.6 is 0 Å². The van der Waals surface area contributed by atoms with Crippen molar-refractivity contribution in [3.05, 3.63) is 18.5 Å². The zero-order chi connectivity index (χ0) is 14.5. The molecule has 0 atom stereocenters. The summed E-state index contributed by atoms with van der Waals surface area (Å²) in [5.74, 6) is -0.0314. The molecule has 106 valence electrons. The van der Waals surface area contributed by atoms with Gasteiger partial charge in [0.2, 0.25) is 5.91 Å². The van der Waals surface area contributed by atoms with E-state index in [2.05, 4.69) is 10.3 Å². The Labute approximate surface area is 115 Å². The van der Waals surface area contributed by atoms with Crippen LogP contribution in [0.1, 0.15) is 26.7 Å². The van der Waals surface area contributed by atoms with E-state index in [-0.39, 0.29) is 5.91 Å². The number of nitrogens with two attached hydrogens (primary N) is 1. The molecule has 5 nitrogen and oxygen atoms in total. The minimum atomic E-state index is -0.501. The smallest absolute Gasteiger partial charge is 0.231 e. The highest BCUT2D eigenvalue weighted by Crippen LogP contribution is 2.29. The van der Waals surface area contributed by atoms with Crippen molar-refractivity contribution in [2.75, 3.05) is 30.9 Å². The molecular weight excluding hydrogens is 240 g/mol. The molecule has 1 amide bonds. The Kier molecular flexibility index (Phi) is 5.30. The maximum Gasteiger partial charge on any atom is 0.231 e. The molecule has 0 radical (unpaired) electrons. The van der Waals surface area contributed by atoms with Gasteiger partial charge in [-0.25, -0.2) is 0 Å². The van der Waals surface area contributed by atoms with Crippen molar-refractivity contribution in [2.24, 2.45) is 11.1 Å². The molecule has 0 aliphatic carbocycles. The van der Waals surface area contributed by atoms with E-state index in [1.165, 1.54) is 0 Å². The van der Waals surface area contributed by atoms with E-state index in [4.69, 9.17) is 5.73 Å². The first kappa shape index (κ1) is 15.4. The first-order chi connectivity index (χ1) is 9.00. The first-order valence-electron chi connectivity index (χ1n) is 6.63. The van der Waals surface area contributed by atoms with Gasteiger partial charge < -0.3 is 16.0 Å². The van der Waals surface area contributed by atoms with Gasteiger partial charge in [-0.05, 0) is 18.9 Å². The molecule has 1 rings (SSSR count). The second kappa shape index (κ2) is 6.52. The van der Waals surface area contributed by atoms with Gasteiger partial charge in [-0.2, -0.15) is 0 Å². The zero-order valence-corrected chi connectivity index (χ0v) is 12.2. The van der Waals surface area contributed by atoms with Crippen LogP contribution in [-0.2, 0) is 4.79 Å². The molecular formula is C14H24N4O. The maximum absolute atomic E-state index is 12.5. The second-order valence-electron chi connectivity index (χ2n) is 4.93. The Morgan fingerprint density at radius 3 is 2.53 bits per heavy atom. The average Bonchev–Trinajstić information content (AvgIpc) is 2.41. The fourth-order valence-corrected chi connectivity index (χ4v) is 2.08. The van der Waals surface area contributed by atoms with E-state index < -0.39 is 5.41 Å². The highest BCUT2D eigenvalue weighted by atomic mass is 16.2. The molecule has 1 aromatic rings. The molecule has 0 spiro atoms. The Hall–Kier alpha value is -1.62. The summed E-state index contributed by atoms with van der Waals surface area (Å²) in [7, 11) is 3.86. The number of aromatic nitrogens is 1. The SMILES string of the molecule is CCC(CC)(CN)C(=O)Nc1cnccc1N(C)C. The van der Waals surface area contributed by atoms with Crippen LogP contribution < -0.4 is 16.0 Å². The van der Waals surface area contributed by atoms with Gasteiger partial charge in [-0.1, -0.05) is 13.8 Å². The van der Waals surface area contributed by atoms with Gasteiger partial charge in [0, 0.05) is 26.8 Å².